The first-order chi connectivity index (χ1) is 7.25. The molecular formula is C12H16N2O. The lowest BCUT2D eigenvalue weighted by Gasteiger charge is -2.26. The van der Waals surface area contributed by atoms with Gasteiger partial charge in [-0.15, -0.1) is 0 Å². The number of nitrogen functional groups attached to an aromatic ring is 1. The molecule has 0 atom stereocenters. The molecule has 1 amide bonds. The zero-order valence-corrected chi connectivity index (χ0v) is 8.78. The molecule has 0 saturated carbocycles. The minimum Gasteiger partial charge on any atom is -0.399 e. The fraction of sp³-hybridized carbons (Fsp3) is 0.417. The molecule has 0 bridgehead atoms. The average Bonchev–Trinajstić information content (AvgIpc) is 2.25. The molecule has 2 N–H and O–H groups in total. The first kappa shape index (κ1) is 10.0. The van der Waals surface area contributed by atoms with Gasteiger partial charge in [0.25, 0.3) is 0 Å². The normalized spacial score (nSPS) is 16.8. The van der Waals surface area contributed by atoms with Crippen molar-refractivity contribution in [3.05, 3.63) is 29.8 Å². The van der Waals surface area contributed by atoms with Crippen LogP contribution in [0.4, 0.5) is 5.69 Å². The van der Waals surface area contributed by atoms with Crippen molar-refractivity contribution in [3.63, 3.8) is 0 Å². The van der Waals surface area contributed by atoms with Crippen LogP contribution in [0.25, 0.3) is 0 Å². The summed E-state index contributed by atoms with van der Waals surface area (Å²) >= 11 is 0. The lowest BCUT2D eigenvalue weighted by Crippen LogP contribution is -2.34. The monoisotopic (exact) mass is 204 g/mol. The molecule has 0 aliphatic carbocycles. The van der Waals surface area contributed by atoms with Crippen molar-refractivity contribution in [2.45, 2.75) is 25.8 Å². The van der Waals surface area contributed by atoms with Crippen LogP contribution in [-0.2, 0) is 11.3 Å². The van der Waals surface area contributed by atoms with Gasteiger partial charge in [0.15, 0.2) is 0 Å². The molecule has 1 fully saturated rings. The van der Waals surface area contributed by atoms with E-state index in [0.717, 1.165) is 37.2 Å². The van der Waals surface area contributed by atoms with Crippen molar-refractivity contribution in [1.82, 2.24) is 4.90 Å². The lowest BCUT2D eigenvalue weighted by atomic mass is 10.1. The predicted molar refractivity (Wildman–Crippen MR) is 60.1 cm³/mol. The number of hydrogen-bond acceptors (Lipinski definition) is 2. The Morgan fingerprint density at radius 3 is 2.60 bits per heavy atom. The quantitative estimate of drug-likeness (QED) is 0.746. The second-order valence-electron chi connectivity index (χ2n) is 4.01. The van der Waals surface area contributed by atoms with Gasteiger partial charge in [0.2, 0.25) is 5.91 Å². The number of carbonyl (C=O) groups excluding carboxylic acids is 1. The van der Waals surface area contributed by atoms with Gasteiger partial charge in [-0.05, 0) is 30.5 Å². The summed E-state index contributed by atoms with van der Waals surface area (Å²) in [5, 5.41) is 0. The second kappa shape index (κ2) is 4.34. The Morgan fingerprint density at radius 1 is 1.20 bits per heavy atom. The van der Waals surface area contributed by atoms with E-state index in [4.69, 9.17) is 5.73 Å². The van der Waals surface area contributed by atoms with Crippen LogP contribution in [-0.4, -0.2) is 17.4 Å². The van der Waals surface area contributed by atoms with E-state index in [1.54, 1.807) is 0 Å². The summed E-state index contributed by atoms with van der Waals surface area (Å²) in [5.74, 6) is 0.276. The fourth-order valence-electron chi connectivity index (χ4n) is 1.87. The molecule has 0 radical (unpaired) electrons. The van der Waals surface area contributed by atoms with E-state index in [2.05, 4.69) is 0 Å². The van der Waals surface area contributed by atoms with E-state index >= 15 is 0 Å². The number of carbonyl (C=O) groups is 1. The minimum atomic E-state index is 0.276. The van der Waals surface area contributed by atoms with Gasteiger partial charge in [-0.1, -0.05) is 12.1 Å². The first-order valence-corrected chi connectivity index (χ1v) is 5.38. The minimum absolute atomic E-state index is 0.276. The average molecular weight is 204 g/mol. The summed E-state index contributed by atoms with van der Waals surface area (Å²) < 4.78 is 0. The number of piperidine rings is 1. The van der Waals surface area contributed by atoms with Crippen LogP contribution in [0.3, 0.4) is 0 Å². The molecule has 1 aromatic carbocycles. The fourth-order valence-corrected chi connectivity index (χ4v) is 1.87. The van der Waals surface area contributed by atoms with Crippen LogP contribution in [0.15, 0.2) is 24.3 Å². The molecular weight excluding hydrogens is 188 g/mol. The van der Waals surface area contributed by atoms with Gasteiger partial charge in [0, 0.05) is 25.2 Å². The maximum absolute atomic E-state index is 11.6. The van der Waals surface area contributed by atoms with Gasteiger partial charge in [0.1, 0.15) is 0 Å². The number of anilines is 1. The number of likely N-dealkylation sites (tertiary alicyclic amines) is 1. The van der Waals surface area contributed by atoms with Crippen LogP contribution in [0.5, 0.6) is 0 Å². The van der Waals surface area contributed by atoms with Gasteiger partial charge in [0.05, 0.1) is 0 Å². The van der Waals surface area contributed by atoms with E-state index < -0.39 is 0 Å². The van der Waals surface area contributed by atoms with E-state index in [9.17, 15) is 4.79 Å². The number of benzene rings is 1. The molecule has 0 aromatic heterocycles. The highest BCUT2D eigenvalue weighted by molar-refractivity contribution is 5.76. The van der Waals surface area contributed by atoms with Crippen molar-refractivity contribution in [1.29, 1.82) is 0 Å². The Kier molecular flexibility index (Phi) is 2.90. The van der Waals surface area contributed by atoms with Gasteiger partial charge in [-0.25, -0.2) is 0 Å². The van der Waals surface area contributed by atoms with Gasteiger partial charge >= 0.3 is 0 Å². The van der Waals surface area contributed by atoms with Gasteiger partial charge in [-0.2, -0.15) is 0 Å². The van der Waals surface area contributed by atoms with Crippen molar-refractivity contribution in [2.24, 2.45) is 0 Å². The molecule has 15 heavy (non-hydrogen) atoms. The largest absolute Gasteiger partial charge is 0.399 e. The molecule has 2 rings (SSSR count). The number of amides is 1. The summed E-state index contributed by atoms with van der Waals surface area (Å²) in [6.45, 7) is 1.61. The van der Waals surface area contributed by atoms with Gasteiger partial charge in [-0.3, -0.25) is 4.79 Å². The van der Waals surface area contributed by atoms with E-state index in [0.29, 0.717) is 6.42 Å². The Balaban J connectivity index is 2.01. The highest BCUT2D eigenvalue weighted by atomic mass is 16.2. The summed E-state index contributed by atoms with van der Waals surface area (Å²) in [5.41, 5.74) is 7.53. The predicted octanol–water partition coefficient (Wildman–Crippen LogP) is 1.78. The molecule has 0 spiro atoms. The Hall–Kier alpha value is -1.51. The van der Waals surface area contributed by atoms with E-state index in [1.165, 1.54) is 0 Å². The number of hydrogen-bond donors (Lipinski definition) is 1. The molecule has 1 aromatic rings. The smallest absolute Gasteiger partial charge is 0.222 e. The third-order valence-electron chi connectivity index (χ3n) is 2.77. The van der Waals surface area contributed by atoms with Crippen molar-refractivity contribution in [2.75, 3.05) is 12.3 Å². The molecule has 3 heteroatoms. The molecule has 1 saturated heterocycles. The third kappa shape index (κ3) is 2.49. The first-order valence-electron chi connectivity index (χ1n) is 5.38. The Morgan fingerprint density at radius 2 is 1.93 bits per heavy atom. The van der Waals surface area contributed by atoms with Crippen LogP contribution in [0, 0.1) is 0 Å². The zero-order chi connectivity index (χ0) is 10.7. The maximum Gasteiger partial charge on any atom is 0.222 e. The summed E-state index contributed by atoms with van der Waals surface area (Å²) in [7, 11) is 0. The van der Waals surface area contributed by atoms with E-state index in [-0.39, 0.29) is 5.91 Å². The molecule has 1 heterocycles. The SMILES string of the molecule is Nc1ccc(CN2CCCCC2=O)cc1. The van der Waals surface area contributed by atoms with Crippen molar-refractivity contribution < 1.29 is 4.79 Å². The summed E-state index contributed by atoms with van der Waals surface area (Å²) in [6.07, 6.45) is 2.87. The number of nitrogens with two attached hydrogens (primary N) is 1. The third-order valence-corrected chi connectivity index (χ3v) is 2.77. The Bertz CT molecular complexity index is 345. The lowest BCUT2D eigenvalue weighted by molar-refractivity contribution is -0.133. The summed E-state index contributed by atoms with van der Waals surface area (Å²) in [6, 6.07) is 7.72. The van der Waals surface area contributed by atoms with Crippen LogP contribution in [0.2, 0.25) is 0 Å². The standard InChI is InChI=1S/C12H16N2O/c13-11-6-4-10(5-7-11)9-14-8-2-1-3-12(14)15/h4-7H,1-3,8-9,13H2. The van der Waals surface area contributed by atoms with Crippen molar-refractivity contribution in [3.8, 4) is 0 Å². The highest BCUT2D eigenvalue weighted by Crippen LogP contribution is 2.15. The Labute approximate surface area is 89.9 Å². The number of nitrogens with zero attached hydrogens (tertiary/aromatic N) is 1. The van der Waals surface area contributed by atoms with Crippen LogP contribution < -0.4 is 5.73 Å². The van der Waals surface area contributed by atoms with E-state index in [1.807, 2.05) is 29.2 Å². The summed E-state index contributed by atoms with van der Waals surface area (Å²) in [4.78, 5) is 13.5. The van der Waals surface area contributed by atoms with Crippen LogP contribution >= 0.6 is 0 Å². The van der Waals surface area contributed by atoms with Gasteiger partial charge < -0.3 is 10.6 Å². The molecule has 1 aliphatic heterocycles. The molecule has 0 unspecified atom stereocenters. The topological polar surface area (TPSA) is 46.3 Å². The molecule has 1 aliphatic rings. The zero-order valence-electron chi connectivity index (χ0n) is 8.78. The maximum atomic E-state index is 11.6. The van der Waals surface area contributed by atoms with Crippen molar-refractivity contribution >= 4 is 11.6 Å². The van der Waals surface area contributed by atoms with Crippen LogP contribution in [0.1, 0.15) is 24.8 Å². The number of rotatable bonds is 2. The molecule has 3 nitrogen and oxygen atoms in total. The molecule has 80 valence electrons. The highest BCUT2D eigenvalue weighted by Gasteiger charge is 2.17. The second-order valence-corrected chi connectivity index (χ2v) is 4.01.